The Morgan fingerprint density at radius 3 is 2.88 bits per heavy atom. The fourth-order valence-corrected chi connectivity index (χ4v) is 4.73. The number of nitrogens with one attached hydrogen (secondary N) is 1. The average Bonchev–Trinajstić information content (AvgIpc) is 3.43. The van der Waals surface area contributed by atoms with E-state index in [0.717, 1.165) is 27.9 Å². The van der Waals surface area contributed by atoms with Gasteiger partial charge in [0.15, 0.2) is 5.16 Å². The molecule has 3 aromatic rings. The van der Waals surface area contributed by atoms with Gasteiger partial charge in [-0.25, -0.2) is 0 Å². The number of methoxy groups -OCH3 is 1. The number of imide groups is 1. The molecule has 4 rings (SSSR count). The van der Waals surface area contributed by atoms with E-state index in [1.54, 1.807) is 48.6 Å². The van der Waals surface area contributed by atoms with Crippen LogP contribution in [-0.2, 0) is 9.59 Å². The van der Waals surface area contributed by atoms with Crippen molar-refractivity contribution in [1.82, 2.24) is 30.0 Å². The van der Waals surface area contributed by atoms with Gasteiger partial charge in [0.05, 0.1) is 23.5 Å². The van der Waals surface area contributed by atoms with E-state index in [9.17, 15) is 14.4 Å². The number of carbonyl (C=O) groups excluding carboxylic acids is 3. The number of rotatable bonds is 9. The second kappa shape index (κ2) is 11.0. The summed E-state index contributed by atoms with van der Waals surface area (Å²) in [6, 6.07) is 11.0. The first-order valence-corrected chi connectivity index (χ1v) is 12.0. The zero-order valence-electron chi connectivity index (χ0n) is 18.1. The summed E-state index contributed by atoms with van der Waals surface area (Å²) < 4.78 is 7.12. The van der Waals surface area contributed by atoms with Gasteiger partial charge >= 0.3 is 0 Å². The average molecular weight is 497 g/mol. The van der Waals surface area contributed by atoms with Crippen molar-refractivity contribution in [3.8, 4) is 11.4 Å². The van der Waals surface area contributed by atoms with Crippen molar-refractivity contribution >= 4 is 46.7 Å². The fourth-order valence-electron chi connectivity index (χ4n) is 3.11. The quantitative estimate of drug-likeness (QED) is 0.352. The van der Waals surface area contributed by atoms with Crippen LogP contribution >= 0.6 is 23.5 Å². The van der Waals surface area contributed by atoms with Crippen LogP contribution in [0.1, 0.15) is 5.56 Å². The molecule has 1 saturated heterocycles. The van der Waals surface area contributed by atoms with Gasteiger partial charge in [0, 0.05) is 25.5 Å². The summed E-state index contributed by atoms with van der Waals surface area (Å²) in [4.78, 5) is 42.6. The smallest absolute Gasteiger partial charge is 0.293 e. The molecule has 0 atom stereocenters. The lowest BCUT2D eigenvalue weighted by molar-refractivity contribution is -0.123. The number of nitrogens with zero attached hydrogens (tertiary/aromatic N) is 5. The molecule has 0 spiro atoms. The second-order valence-electron chi connectivity index (χ2n) is 6.91. The Hall–Kier alpha value is -3.64. The van der Waals surface area contributed by atoms with Gasteiger partial charge < -0.3 is 10.1 Å². The van der Waals surface area contributed by atoms with Crippen LogP contribution in [-0.4, -0.2) is 67.7 Å². The summed E-state index contributed by atoms with van der Waals surface area (Å²) in [7, 11) is 1.58. The third-order valence-corrected chi connectivity index (χ3v) is 6.56. The molecule has 1 N–H and O–H groups in total. The Morgan fingerprint density at radius 1 is 1.24 bits per heavy atom. The monoisotopic (exact) mass is 496 g/mol. The van der Waals surface area contributed by atoms with Crippen LogP contribution in [0.25, 0.3) is 11.8 Å². The number of aromatic nitrogens is 4. The molecular formula is C22H20N6O4S2. The molecular weight excluding hydrogens is 476 g/mol. The molecule has 174 valence electrons. The van der Waals surface area contributed by atoms with Crippen molar-refractivity contribution in [2.75, 3.05) is 26.0 Å². The van der Waals surface area contributed by atoms with E-state index < -0.39 is 0 Å². The number of amides is 3. The number of pyridine rings is 1. The first kappa shape index (κ1) is 23.5. The largest absolute Gasteiger partial charge is 0.495 e. The van der Waals surface area contributed by atoms with Gasteiger partial charge in [-0.05, 0) is 41.6 Å². The van der Waals surface area contributed by atoms with Crippen LogP contribution in [0.2, 0.25) is 0 Å². The zero-order chi connectivity index (χ0) is 23.9. The van der Waals surface area contributed by atoms with Gasteiger partial charge in [-0.15, -0.1) is 10.2 Å². The van der Waals surface area contributed by atoms with Crippen LogP contribution in [0.5, 0.6) is 5.75 Å². The number of hydrogen-bond acceptors (Lipinski definition) is 9. The van der Waals surface area contributed by atoms with E-state index in [-0.39, 0.29) is 35.9 Å². The maximum absolute atomic E-state index is 12.6. The fraction of sp³-hybridized carbons (Fsp3) is 0.182. The lowest BCUT2D eigenvalue weighted by Gasteiger charge is -2.13. The van der Waals surface area contributed by atoms with Crippen molar-refractivity contribution in [3.63, 3.8) is 0 Å². The summed E-state index contributed by atoms with van der Waals surface area (Å²) in [6.45, 7) is 0.236. The highest BCUT2D eigenvalue weighted by atomic mass is 32.2. The third-order valence-electron chi connectivity index (χ3n) is 4.71. The number of thioether (sulfide) groups is 2. The van der Waals surface area contributed by atoms with E-state index in [1.807, 2.05) is 24.3 Å². The van der Waals surface area contributed by atoms with Gasteiger partial charge in [0.2, 0.25) is 5.91 Å². The van der Waals surface area contributed by atoms with Crippen LogP contribution < -0.4 is 10.1 Å². The van der Waals surface area contributed by atoms with Crippen molar-refractivity contribution in [1.29, 1.82) is 0 Å². The third kappa shape index (κ3) is 5.46. The Morgan fingerprint density at radius 2 is 2.09 bits per heavy atom. The lowest BCUT2D eigenvalue weighted by atomic mass is 10.2. The summed E-state index contributed by atoms with van der Waals surface area (Å²) in [5.41, 5.74) is 1.50. The SMILES string of the molecule is COc1ccccc1-n1cnnc1SCC(=O)NCCN1C(=O)S/C(=C\c2cccnc2)C1=O. The van der Waals surface area contributed by atoms with Crippen molar-refractivity contribution < 1.29 is 19.1 Å². The maximum atomic E-state index is 12.6. The first-order valence-electron chi connectivity index (χ1n) is 10.1. The zero-order valence-corrected chi connectivity index (χ0v) is 19.7. The molecule has 0 unspecified atom stereocenters. The Kier molecular flexibility index (Phi) is 7.60. The highest BCUT2D eigenvalue weighted by Gasteiger charge is 2.34. The van der Waals surface area contributed by atoms with Crippen LogP contribution in [0.4, 0.5) is 4.79 Å². The number of carbonyl (C=O) groups is 3. The van der Waals surface area contributed by atoms with E-state index in [0.29, 0.717) is 15.8 Å². The van der Waals surface area contributed by atoms with Gasteiger partial charge in [0.1, 0.15) is 12.1 Å². The van der Waals surface area contributed by atoms with Gasteiger partial charge in [-0.3, -0.25) is 28.8 Å². The number of ether oxygens (including phenoxy) is 1. The van der Waals surface area contributed by atoms with Crippen molar-refractivity contribution in [2.45, 2.75) is 5.16 Å². The molecule has 1 aliphatic heterocycles. The van der Waals surface area contributed by atoms with E-state index in [1.165, 1.54) is 11.8 Å². The van der Waals surface area contributed by atoms with Gasteiger partial charge in [-0.2, -0.15) is 0 Å². The molecule has 12 heteroatoms. The highest BCUT2D eigenvalue weighted by Crippen LogP contribution is 2.31. The second-order valence-corrected chi connectivity index (χ2v) is 8.85. The Bertz CT molecular complexity index is 1230. The molecule has 2 aromatic heterocycles. The molecule has 0 aliphatic carbocycles. The molecule has 0 bridgehead atoms. The summed E-state index contributed by atoms with van der Waals surface area (Å²) in [5.74, 6) is 0.115. The Balaban J connectivity index is 1.28. The molecule has 3 amide bonds. The molecule has 34 heavy (non-hydrogen) atoms. The standard InChI is InChI=1S/C22H20N6O4S2/c1-32-17-7-3-2-6-16(17)28-14-25-26-21(28)33-13-19(29)24-9-10-27-20(30)18(34-22(27)31)11-15-5-4-8-23-12-15/h2-8,11-12,14H,9-10,13H2,1H3,(H,24,29)/b18-11-. The summed E-state index contributed by atoms with van der Waals surface area (Å²) in [5, 5.41) is 10.9. The highest BCUT2D eigenvalue weighted by molar-refractivity contribution is 8.18. The molecule has 0 radical (unpaired) electrons. The predicted octanol–water partition coefficient (Wildman–Crippen LogP) is 2.62. The van der Waals surface area contributed by atoms with E-state index >= 15 is 0 Å². The number of para-hydroxylation sites is 2. The van der Waals surface area contributed by atoms with Crippen LogP contribution in [0.3, 0.4) is 0 Å². The molecule has 3 heterocycles. The molecule has 10 nitrogen and oxygen atoms in total. The number of benzene rings is 1. The molecule has 1 aliphatic rings. The van der Waals surface area contributed by atoms with E-state index in [4.69, 9.17) is 4.74 Å². The van der Waals surface area contributed by atoms with Gasteiger partial charge in [-0.1, -0.05) is 30.0 Å². The van der Waals surface area contributed by atoms with Crippen LogP contribution in [0.15, 0.2) is 65.2 Å². The molecule has 0 saturated carbocycles. The predicted molar refractivity (Wildman–Crippen MR) is 129 cm³/mol. The normalized spacial score (nSPS) is 14.6. The first-order chi connectivity index (χ1) is 16.6. The lowest BCUT2D eigenvalue weighted by Crippen LogP contribution is -2.37. The van der Waals surface area contributed by atoms with Gasteiger partial charge in [0.25, 0.3) is 11.1 Å². The van der Waals surface area contributed by atoms with Crippen molar-refractivity contribution in [3.05, 3.63) is 65.6 Å². The molecule has 1 fully saturated rings. The minimum absolute atomic E-state index is 0.0862. The van der Waals surface area contributed by atoms with Crippen LogP contribution in [0, 0.1) is 0 Å². The Labute approximate surface area is 203 Å². The van der Waals surface area contributed by atoms with E-state index in [2.05, 4.69) is 20.5 Å². The minimum Gasteiger partial charge on any atom is -0.495 e. The summed E-state index contributed by atoms with van der Waals surface area (Å²) >= 11 is 2.09. The minimum atomic E-state index is -0.382. The maximum Gasteiger partial charge on any atom is 0.293 e. The van der Waals surface area contributed by atoms with Crippen molar-refractivity contribution in [2.24, 2.45) is 0 Å². The molecule has 1 aromatic carbocycles. The topological polar surface area (TPSA) is 119 Å². The number of hydrogen-bond donors (Lipinski definition) is 1. The summed E-state index contributed by atoms with van der Waals surface area (Å²) in [6.07, 6.45) is 6.43.